The molecule has 2 aromatic carbocycles. The Morgan fingerprint density at radius 2 is 1.88 bits per heavy atom. The normalized spacial score (nSPS) is 11.2. The number of benzene rings is 2. The molecule has 0 bridgehead atoms. The van der Waals surface area contributed by atoms with Crippen molar-refractivity contribution >= 4 is 22.0 Å². The minimum absolute atomic E-state index is 0.00467. The molecule has 0 aromatic heterocycles. The Kier molecular flexibility index (Phi) is 6.11. The van der Waals surface area contributed by atoms with Gasteiger partial charge in [-0.2, -0.15) is 0 Å². The smallest absolute Gasteiger partial charge is 0.238 e. The number of carbonyl (C=O) groups is 1. The maximum absolute atomic E-state index is 12.0. The Balaban J connectivity index is 2.55. The molecular formula is C18H22N2O3S. The summed E-state index contributed by atoms with van der Waals surface area (Å²) in [6.07, 6.45) is 3.00. The van der Waals surface area contributed by atoms with Gasteiger partial charge in [-0.25, -0.2) is 13.6 Å². The highest BCUT2D eigenvalue weighted by molar-refractivity contribution is 7.89. The van der Waals surface area contributed by atoms with Crippen molar-refractivity contribution in [3.63, 3.8) is 0 Å². The SMILES string of the molecule is CCCCNc1cc(C=O)cc(S(N)(=O)=O)c1Cc1ccccc1. The number of nitrogens with two attached hydrogens (primary N) is 1. The first-order valence-electron chi connectivity index (χ1n) is 7.88. The van der Waals surface area contributed by atoms with Crippen LogP contribution < -0.4 is 10.5 Å². The largest absolute Gasteiger partial charge is 0.385 e. The van der Waals surface area contributed by atoms with Crippen molar-refractivity contribution < 1.29 is 13.2 Å². The number of nitrogens with one attached hydrogen (secondary N) is 1. The summed E-state index contributed by atoms with van der Waals surface area (Å²) in [6, 6.07) is 12.6. The van der Waals surface area contributed by atoms with Crippen molar-refractivity contribution in [2.24, 2.45) is 5.14 Å². The molecule has 0 aliphatic heterocycles. The molecule has 0 saturated carbocycles. The van der Waals surface area contributed by atoms with E-state index in [1.54, 1.807) is 6.07 Å². The third-order valence-corrected chi connectivity index (χ3v) is 4.72. The summed E-state index contributed by atoms with van der Waals surface area (Å²) < 4.78 is 24.1. The molecule has 0 aliphatic carbocycles. The second-order valence-electron chi connectivity index (χ2n) is 5.65. The van der Waals surface area contributed by atoms with Crippen LogP contribution in [0.25, 0.3) is 0 Å². The zero-order valence-corrected chi connectivity index (χ0v) is 14.5. The van der Waals surface area contributed by atoms with Gasteiger partial charge in [-0.15, -0.1) is 0 Å². The van der Waals surface area contributed by atoms with E-state index < -0.39 is 10.0 Å². The van der Waals surface area contributed by atoms with Gasteiger partial charge in [0.25, 0.3) is 0 Å². The molecule has 0 fully saturated rings. The van der Waals surface area contributed by atoms with Crippen LogP contribution in [-0.4, -0.2) is 21.2 Å². The third-order valence-electron chi connectivity index (χ3n) is 3.74. The Hall–Kier alpha value is -2.18. The van der Waals surface area contributed by atoms with E-state index >= 15 is 0 Å². The molecule has 6 heteroatoms. The van der Waals surface area contributed by atoms with Gasteiger partial charge in [0.15, 0.2) is 0 Å². The van der Waals surface area contributed by atoms with E-state index in [9.17, 15) is 13.2 Å². The van der Waals surface area contributed by atoms with Crippen molar-refractivity contribution in [3.8, 4) is 0 Å². The molecular weight excluding hydrogens is 324 g/mol. The molecule has 0 unspecified atom stereocenters. The number of rotatable bonds is 8. The molecule has 0 aliphatic rings. The summed E-state index contributed by atoms with van der Waals surface area (Å²) in [4.78, 5) is 11.2. The molecule has 0 saturated heterocycles. The van der Waals surface area contributed by atoms with Gasteiger partial charge in [0.2, 0.25) is 10.0 Å². The van der Waals surface area contributed by atoms with E-state index in [1.807, 2.05) is 30.3 Å². The molecule has 2 aromatic rings. The number of primary sulfonamides is 1. The van der Waals surface area contributed by atoms with E-state index in [1.165, 1.54) is 6.07 Å². The Bertz CT molecular complexity index is 803. The highest BCUT2D eigenvalue weighted by Gasteiger charge is 2.19. The fourth-order valence-electron chi connectivity index (χ4n) is 2.53. The monoisotopic (exact) mass is 346 g/mol. The standard InChI is InChI=1S/C18H22N2O3S/c1-2-3-9-20-17-11-15(13-21)12-18(24(19,22)23)16(17)10-14-7-5-4-6-8-14/h4-8,11-13,20H,2-3,9-10H2,1H3,(H2,19,22,23). The lowest BCUT2D eigenvalue weighted by molar-refractivity contribution is 0.112. The van der Waals surface area contributed by atoms with Gasteiger partial charge in [0, 0.05) is 24.2 Å². The van der Waals surface area contributed by atoms with Gasteiger partial charge >= 0.3 is 0 Å². The minimum Gasteiger partial charge on any atom is -0.385 e. The van der Waals surface area contributed by atoms with Crippen LogP contribution in [0.4, 0.5) is 5.69 Å². The summed E-state index contributed by atoms with van der Waals surface area (Å²) in [5.41, 5.74) is 2.49. The Morgan fingerprint density at radius 3 is 2.46 bits per heavy atom. The number of hydrogen-bond acceptors (Lipinski definition) is 4. The van der Waals surface area contributed by atoms with Crippen molar-refractivity contribution in [3.05, 3.63) is 59.2 Å². The van der Waals surface area contributed by atoms with Gasteiger partial charge in [0.05, 0.1) is 4.90 Å². The second-order valence-corrected chi connectivity index (χ2v) is 7.18. The van der Waals surface area contributed by atoms with Gasteiger partial charge < -0.3 is 5.32 Å². The van der Waals surface area contributed by atoms with E-state index in [-0.39, 0.29) is 10.5 Å². The van der Waals surface area contributed by atoms with Gasteiger partial charge in [0.1, 0.15) is 6.29 Å². The quantitative estimate of drug-likeness (QED) is 0.568. The van der Waals surface area contributed by atoms with E-state index in [0.717, 1.165) is 18.4 Å². The Labute approximate surface area is 142 Å². The lowest BCUT2D eigenvalue weighted by Crippen LogP contribution is -2.17. The summed E-state index contributed by atoms with van der Waals surface area (Å²) in [5, 5.41) is 8.63. The zero-order valence-electron chi connectivity index (χ0n) is 13.7. The van der Waals surface area contributed by atoms with Crippen LogP contribution in [0.5, 0.6) is 0 Å². The van der Waals surface area contributed by atoms with Crippen molar-refractivity contribution in [2.45, 2.75) is 31.1 Å². The van der Waals surface area contributed by atoms with E-state index in [0.29, 0.717) is 30.5 Å². The first-order valence-corrected chi connectivity index (χ1v) is 9.43. The van der Waals surface area contributed by atoms with E-state index in [4.69, 9.17) is 5.14 Å². The summed E-state index contributed by atoms with van der Waals surface area (Å²) in [6.45, 7) is 2.77. The van der Waals surface area contributed by atoms with Crippen LogP contribution in [0.2, 0.25) is 0 Å². The molecule has 0 spiro atoms. The van der Waals surface area contributed by atoms with Gasteiger partial charge in [-0.05, 0) is 29.7 Å². The number of hydrogen-bond donors (Lipinski definition) is 2. The predicted octanol–water partition coefficient (Wildman–Crippen LogP) is 2.95. The minimum atomic E-state index is -3.94. The van der Waals surface area contributed by atoms with Crippen LogP contribution in [0, 0.1) is 0 Å². The lowest BCUT2D eigenvalue weighted by Gasteiger charge is -2.16. The van der Waals surface area contributed by atoms with Gasteiger partial charge in [-0.1, -0.05) is 43.7 Å². The molecule has 3 N–H and O–H groups in total. The third kappa shape index (κ3) is 4.66. The number of sulfonamides is 1. The highest BCUT2D eigenvalue weighted by atomic mass is 32.2. The zero-order chi connectivity index (χ0) is 17.6. The first-order chi connectivity index (χ1) is 11.5. The van der Waals surface area contributed by atoms with Crippen LogP contribution >= 0.6 is 0 Å². The Morgan fingerprint density at radius 1 is 1.17 bits per heavy atom. The fraction of sp³-hybridized carbons (Fsp3) is 0.278. The number of unbranched alkanes of at least 4 members (excludes halogenated alkanes) is 1. The van der Waals surface area contributed by atoms with Crippen molar-refractivity contribution in [2.75, 3.05) is 11.9 Å². The van der Waals surface area contributed by atoms with Crippen molar-refractivity contribution in [1.82, 2.24) is 0 Å². The van der Waals surface area contributed by atoms with E-state index in [2.05, 4.69) is 12.2 Å². The average Bonchev–Trinajstić information content (AvgIpc) is 2.56. The number of aldehydes is 1. The summed E-state index contributed by atoms with van der Waals surface area (Å²) in [7, 11) is -3.94. The second kappa shape index (κ2) is 8.08. The van der Waals surface area contributed by atoms with Crippen molar-refractivity contribution in [1.29, 1.82) is 0 Å². The molecule has 24 heavy (non-hydrogen) atoms. The van der Waals surface area contributed by atoms with Crippen LogP contribution in [0.3, 0.4) is 0 Å². The highest BCUT2D eigenvalue weighted by Crippen LogP contribution is 2.28. The number of anilines is 1. The molecule has 5 nitrogen and oxygen atoms in total. The first kappa shape index (κ1) is 18.2. The van der Waals surface area contributed by atoms with Gasteiger partial charge in [-0.3, -0.25) is 4.79 Å². The number of carbonyl (C=O) groups excluding carboxylic acids is 1. The fourth-order valence-corrected chi connectivity index (χ4v) is 3.35. The molecule has 128 valence electrons. The molecule has 0 atom stereocenters. The lowest BCUT2D eigenvalue weighted by atomic mass is 10.0. The summed E-state index contributed by atoms with van der Waals surface area (Å²) in [5.74, 6) is 0. The predicted molar refractivity (Wildman–Crippen MR) is 95.8 cm³/mol. The maximum Gasteiger partial charge on any atom is 0.238 e. The van der Waals surface area contributed by atoms with Crippen LogP contribution in [-0.2, 0) is 16.4 Å². The topological polar surface area (TPSA) is 89.3 Å². The molecule has 0 heterocycles. The average molecular weight is 346 g/mol. The van der Waals surface area contributed by atoms with Crippen LogP contribution in [0.1, 0.15) is 41.3 Å². The molecule has 0 amide bonds. The maximum atomic E-state index is 12.0. The molecule has 2 rings (SSSR count). The summed E-state index contributed by atoms with van der Waals surface area (Å²) >= 11 is 0. The molecule has 0 radical (unpaired) electrons. The van der Waals surface area contributed by atoms with Crippen LogP contribution in [0.15, 0.2) is 47.4 Å².